The minimum atomic E-state index is -0.532. The molecule has 0 atom stereocenters. The summed E-state index contributed by atoms with van der Waals surface area (Å²) < 4.78 is 26.1. The second-order valence-corrected chi connectivity index (χ2v) is 8.96. The molecule has 9 heteroatoms. The minimum absolute atomic E-state index is 0.187. The summed E-state index contributed by atoms with van der Waals surface area (Å²) in [7, 11) is 3.88. The van der Waals surface area contributed by atoms with Crippen molar-refractivity contribution in [3.63, 3.8) is 0 Å². The van der Waals surface area contributed by atoms with Crippen LogP contribution in [0.4, 0.5) is 15.8 Å². The van der Waals surface area contributed by atoms with E-state index in [1.165, 1.54) is 30.0 Å². The first kappa shape index (κ1) is 25.5. The molecule has 0 spiro atoms. The third-order valence-electron chi connectivity index (χ3n) is 5.97. The summed E-state index contributed by atoms with van der Waals surface area (Å²) in [5.74, 6) is -0.924. The van der Waals surface area contributed by atoms with Crippen LogP contribution in [0.15, 0.2) is 95.6 Å². The summed E-state index contributed by atoms with van der Waals surface area (Å²) in [6.45, 7) is 1.31. The molecule has 0 bridgehead atoms. The van der Waals surface area contributed by atoms with E-state index in [0.29, 0.717) is 28.2 Å². The van der Waals surface area contributed by atoms with Gasteiger partial charge in [-0.1, -0.05) is 24.3 Å². The van der Waals surface area contributed by atoms with Crippen LogP contribution in [0, 0.1) is 5.82 Å². The molecule has 0 aliphatic rings. The standard InChI is InChI=1S/C30H25FN4O4/c1-19(36)39-30-27(20-9-13-23(14-10-20)32-29(37)26-8-5-17-38-26)28(21-6-4-7-25(18-21)34(2)3)33-35(30)24-15-11-22(31)12-16-24/h4-18H,1-3H3,(H,32,37). The number of halogens is 1. The summed E-state index contributed by atoms with van der Waals surface area (Å²) in [4.78, 5) is 26.6. The van der Waals surface area contributed by atoms with Gasteiger partial charge in [0.2, 0.25) is 5.88 Å². The lowest BCUT2D eigenvalue weighted by Crippen LogP contribution is -2.10. The molecule has 39 heavy (non-hydrogen) atoms. The van der Waals surface area contributed by atoms with Crippen molar-refractivity contribution in [2.45, 2.75) is 6.92 Å². The summed E-state index contributed by atoms with van der Waals surface area (Å²) >= 11 is 0. The number of anilines is 2. The molecule has 0 saturated carbocycles. The second-order valence-electron chi connectivity index (χ2n) is 8.96. The summed E-state index contributed by atoms with van der Waals surface area (Å²) in [6.07, 6.45) is 1.43. The smallest absolute Gasteiger partial charge is 0.309 e. The number of hydrogen-bond donors (Lipinski definition) is 1. The average Bonchev–Trinajstić information content (AvgIpc) is 3.59. The van der Waals surface area contributed by atoms with E-state index in [2.05, 4.69) is 5.32 Å². The van der Waals surface area contributed by atoms with E-state index >= 15 is 0 Å². The van der Waals surface area contributed by atoms with Crippen LogP contribution in [0.5, 0.6) is 5.88 Å². The van der Waals surface area contributed by atoms with Gasteiger partial charge in [0.15, 0.2) is 5.76 Å². The number of furan rings is 1. The Kier molecular flexibility index (Phi) is 6.96. The zero-order valence-corrected chi connectivity index (χ0v) is 21.5. The van der Waals surface area contributed by atoms with E-state index in [1.54, 1.807) is 48.5 Å². The Morgan fingerprint density at radius 1 is 0.949 bits per heavy atom. The molecule has 0 aliphatic heterocycles. The van der Waals surface area contributed by atoms with Gasteiger partial charge in [-0.05, 0) is 66.2 Å². The summed E-state index contributed by atoms with van der Waals surface area (Å²) in [5.41, 5.74) is 4.64. The average molecular weight is 525 g/mol. The Labute approximate surface area is 224 Å². The lowest BCUT2D eigenvalue weighted by atomic mass is 10.0. The molecule has 3 aromatic carbocycles. The highest BCUT2D eigenvalue weighted by Gasteiger charge is 2.25. The van der Waals surface area contributed by atoms with Gasteiger partial charge >= 0.3 is 5.97 Å². The molecule has 8 nitrogen and oxygen atoms in total. The number of hydrogen-bond acceptors (Lipinski definition) is 6. The Morgan fingerprint density at radius 2 is 1.69 bits per heavy atom. The number of carbonyl (C=O) groups excluding carboxylic acids is 2. The third-order valence-corrected chi connectivity index (χ3v) is 5.97. The van der Waals surface area contributed by atoms with Gasteiger partial charge in [-0.15, -0.1) is 0 Å². The zero-order chi connectivity index (χ0) is 27.5. The molecule has 0 saturated heterocycles. The van der Waals surface area contributed by atoms with Crippen LogP contribution in [-0.4, -0.2) is 35.8 Å². The molecule has 2 aromatic heterocycles. The molecule has 1 N–H and O–H groups in total. The second kappa shape index (κ2) is 10.7. The number of aromatic nitrogens is 2. The van der Waals surface area contributed by atoms with Gasteiger partial charge in [0.25, 0.3) is 5.91 Å². The fourth-order valence-corrected chi connectivity index (χ4v) is 4.10. The molecular formula is C30H25FN4O4. The largest absolute Gasteiger partial charge is 0.459 e. The predicted octanol–water partition coefficient (Wildman–Crippen LogP) is 6.18. The van der Waals surface area contributed by atoms with Crippen LogP contribution in [0.1, 0.15) is 17.5 Å². The highest BCUT2D eigenvalue weighted by molar-refractivity contribution is 6.02. The Bertz CT molecular complexity index is 1620. The van der Waals surface area contributed by atoms with Crippen LogP contribution in [0.3, 0.4) is 0 Å². The van der Waals surface area contributed by atoms with Crippen LogP contribution < -0.4 is 15.0 Å². The quantitative estimate of drug-likeness (QED) is 0.256. The van der Waals surface area contributed by atoms with Crippen molar-refractivity contribution < 1.29 is 23.1 Å². The number of rotatable bonds is 7. The van der Waals surface area contributed by atoms with Crippen LogP contribution in [-0.2, 0) is 4.79 Å². The zero-order valence-electron chi connectivity index (χ0n) is 21.5. The van der Waals surface area contributed by atoms with E-state index in [1.807, 2.05) is 43.3 Å². The van der Waals surface area contributed by atoms with E-state index in [-0.39, 0.29) is 17.5 Å². The van der Waals surface area contributed by atoms with E-state index < -0.39 is 11.8 Å². The fraction of sp³-hybridized carbons (Fsp3) is 0.100. The van der Waals surface area contributed by atoms with Crippen molar-refractivity contribution in [2.75, 3.05) is 24.3 Å². The lowest BCUT2D eigenvalue weighted by molar-refractivity contribution is -0.132. The van der Waals surface area contributed by atoms with Gasteiger partial charge < -0.3 is 19.4 Å². The Balaban J connectivity index is 1.65. The van der Waals surface area contributed by atoms with Gasteiger partial charge in [-0.3, -0.25) is 9.59 Å². The topological polar surface area (TPSA) is 89.6 Å². The fourth-order valence-electron chi connectivity index (χ4n) is 4.10. The van der Waals surface area contributed by atoms with Gasteiger partial charge in [-0.2, -0.15) is 9.78 Å². The minimum Gasteiger partial charge on any atom is -0.459 e. The number of esters is 1. The highest BCUT2D eigenvalue weighted by atomic mass is 19.1. The third kappa shape index (κ3) is 5.42. The van der Waals surface area contributed by atoms with Crippen molar-refractivity contribution in [3.8, 4) is 34.0 Å². The highest BCUT2D eigenvalue weighted by Crippen LogP contribution is 2.41. The molecule has 196 valence electrons. The van der Waals surface area contributed by atoms with Crippen LogP contribution in [0.2, 0.25) is 0 Å². The molecule has 5 aromatic rings. The first-order valence-electron chi connectivity index (χ1n) is 12.1. The van der Waals surface area contributed by atoms with Crippen molar-refractivity contribution in [2.24, 2.45) is 0 Å². The molecule has 1 amide bonds. The van der Waals surface area contributed by atoms with Gasteiger partial charge in [0, 0.05) is 38.0 Å². The molecule has 0 aliphatic carbocycles. The predicted molar refractivity (Wildman–Crippen MR) is 147 cm³/mol. The Hall–Kier alpha value is -5.18. The normalized spacial score (nSPS) is 10.8. The molecule has 0 unspecified atom stereocenters. The number of nitrogens with one attached hydrogen (secondary N) is 1. The molecular weight excluding hydrogens is 499 g/mol. The Morgan fingerprint density at radius 3 is 2.33 bits per heavy atom. The maximum atomic E-state index is 13.7. The van der Waals surface area contributed by atoms with Gasteiger partial charge in [0.05, 0.1) is 17.5 Å². The summed E-state index contributed by atoms with van der Waals surface area (Å²) in [6, 6.07) is 23.9. The lowest BCUT2D eigenvalue weighted by Gasteiger charge is -2.13. The van der Waals surface area contributed by atoms with E-state index in [9.17, 15) is 14.0 Å². The van der Waals surface area contributed by atoms with E-state index in [0.717, 1.165) is 11.3 Å². The van der Waals surface area contributed by atoms with Crippen LogP contribution >= 0.6 is 0 Å². The summed E-state index contributed by atoms with van der Waals surface area (Å²) in [5, 5.41) is 7.62. The van der Waals surface area contributed by atoms with Gasteiger partial charge in [0.1, 0.15) is 11.5 Å². The van der Waals surface area contributed by atoms with Crippen molar-refractivity contribution in [3.05, 3.63) is 103 Å². The van der Waals surface area contributed by atoms with Crippen molar-refractivity contribution in [1.29, 1.82) is 0 Å². The molecule has 0 fully saturated rings. The monoisotopic (exact) mass is 524 g/mol. The first-order valence-corrected chi connectivity index (χ1v) is 12.1. The van der Waals surface area contributed by atoms with Crippen molar-refractivity contribution in [1.82, 2.24) is 9.78 Å². The number of ether oxygens (including phenoxy) is 1. The van der Waals surface area contributed by atoms with Gasteiger partial charge in [-0.25, -0.2) is 4.39 Å². The maximum Gasteiger partial charge on any atom is 0.309 e. The first-order chi connectivity index (χ1) is 18.8. The molecule has 2 heterocycles. The molecule has 5 rings (SSSR count). The van der Waals surface area contributed by atoms with Crippen molar-refractivity contribution >= 4 is 23.3 Å². The number of nitrogens with zero attached hydrogens (tertiary/aromatic N) is 3. The maximum absolute atomic E-state index is 13.7. The molecule has 0 radical (unpaired) electrons. The van der Waals surface area contributed by atoms with Crippen LogP contribution in [0.25, 0.3) is 28.1 Å². The van der Waals surface area contributed by atoms with E-state index in [4.69, 9.17) is 14.3 Å². The number of benzene rings is 3. The SMILES string of the molecule is CC(=O)Oc1c(-c2ccc(NC(=O)c3ccco3)cc2)c(-c2cccc(N(C)C)c2)nn1-c1ccc(F)cc1. The number of amides is 1. The number of carbonyl (C=O) groups is 2.